The van der Waals surface area contributed by atoms with Crippen LogP contribution in [0.5, 0.6) is 0 Å². The second-order valence-corrected chi connectivity index (χ2v) is 11.3. The summed E-state index contributed by atoms with van der Waals surface area (Å²) in [6.07, 6.45) is 13.0. The SMILES string of the molecule is C=C1CC[C@H](O)CC1=C/C=C1\CCC[C@@]2(C)[C@@H]1CC[C@@H]2[C@H](C)C[C@H](O)C[C@@](C)(O)CO. The van der Waals surface area contributed by atoms with Gasteiger partial charge in [-0.15, -0.1) is 0 Å². The van der Waals surface area contributed by atoms with Gasteiger partial charge in [-0.2, -0.15) is 0 Å². The van der Waals surface area contributed by atoms with Crippen molar-refractivity contribution >= 4 is 0 Å². The van der Waals surface area contributed by atoms with Crippen LogP contribution in [0, 0.1) is 23.2 Å². The Morgan fingerprint density at radius 2 is 1.97 bits per heavy atom. The normalized spacial score (nSPS) is 38.2. The summed E-state index contributed by atoms with van der Waals surface area (Å²) < 4.78 is 0. The Balaban J connectivity index is 1.70. The third-order valence-electron chi connectivity index (χ3n) is 8.57. The van der Waals surface area contributed by atoms with E-state index in [1.165, 1.54) is 36.8 Å². The van der Waals surface area contributed by atoms with Crippen LogP contribution >= 0.6 is 0 Å². The molecule has 3 saturated carbocycles. The molecule has 3 aliphatic carbocycles. The first-order valence-electron chi connectivity index (χ1n) is 12.3. The van der Waals surface area contributed by atoms with Crippen molar-refractivity contribution in [3.05, 3.63) is 35.5 Å². The summed E-state index contributed by atoms with van der Waals surface area (Å²) in [6, 6.07) is 0. The number of aliphatic hydroxyl groups is 4. The minimum atomic E-state index is -1.22. The highest BCUT2D eigenvalue weighted by Crippen LogP contribution is 2.60. The zero-order valence-corrected chi connectivity index (χ0v) is 19.8. The molecule has 0 radical (unpaired) electrons. The summed E-state index contributed by atoms with van der Waals surface area (Å²) in [4.78, 5) is 0. The molecule has 0 aromatic heterocycles. The molecule has 3 rings (SSSR count). The van der Waals surface area contributed by atoms with Gasteiger partial charge in [0.1, 0.15) is 0 Å². The predicted octanol–water partition coefficient (Wildman–Crippen LogP) is 4.68. The van der Waals surface area contributed by atoms with Crippen molar-refractivity contribution in [2.24, 2.45) is 23.2 Å². The van der Waals surface area contributed by atoms with Gasteiger partial charge >= 0.3 is 0 Å². The van der Waals surface area contributed by atoms with E-state index >= 15 is 0 Å². The van der Waals surface area contributed by atoms with Gasteiger partial charge in [-0.25, -0.2) is 0 Å². The average Bonchev–Trinajstić information content (AvgIpc) is 3.05. The predicted molar refractivity (Wildman–Crippen MR) is 125 cm³/mol. The van der Waals surface area contributed by atoms with Gasteiger partial charge in [0.2, 0.25) is 0 Å². The van der Waals surface area contributed by atoms with Crippen LogP contribution in [0.25, 0.3) is 0 Å². The maximum absolute atomic E-state index is 10.5. The Kier molecular flexibility index (Phi) is 7.89. The molecule has 0 bridgehead atoms. The van der Waals surface area contributed by atoms with Crippen LogP contribution < -0.4 is 0 Å². The number of rotatable bonds is 7. The van der Waals surface area contributed by atoms with Gasteiger partial charge in [0.25, 0.3) is 0 Å². The third-order valence-corrected chi connectivity index (χ3v) is 8.57. The maximum atomic E-state index is 10.5. The van der Waals surface area contributed by atoms with E-state index in [2.05, 4.69) is 32.6 Å². The molecule has 4 N–H and O–H groups in total. The standard InChI is InChI=1S/C27H44O4/c1-18-7-10-22(29)15-21(18)9-8-20-6-5-13-27(4)24(11-12-25(20)27)19(2)14-23(30)16-26(3,31)17-28/h8-9,19,22-25,28-31H,1,5-7,10-17H2,2-4H3/b20-8+,21-9?/t19-,22+,23+,24-,25-,26-,27-/m1/s1. The van der Waals surface area contributed by atoms with E-state index in [0.29, 0.717) is 24.2 Å². The molecule has 4 nitrogen and oxygen atoms in total. The Morgan fingerprint density at radius 1 is 1.23 bits per heavy atom. The highest BCUT2D eigenvalue weighted by molar-refractivity contribution is 5.36. The van der Waals surface area contributed by atoms with Gasteiger partial charge in [0, 0.05) is 6.42 Å². The molecule has 0 unspecified atom stereocenters. The summed E-state index contributed by atoms with van der Waals surface area (Å²) in [6.45, 7) is 10.2. The molecule has 7 atom stereocenters. The molecule has 3 fully saturated rings. The average molecular weight is 433 g/mol. The Morgan fingerprint density at radius 3 is 2.68 bits per heavy atom. The highest BCUT2D eigenvalue weighted by Gasteiger charge is 2.50. The summed E-state index contributed by atoms with van der Waals surface area (Å²) in [5, 5.41) is 40.0. The van der Waals surface area contributed by atoms with E-state index in [1.807, 2.05) is 0 Å². The Bertz CT molecular complexity index is 706. The first kappa shape index (κ1) is 24.7. The summed E-state index contributed by atoms with van der Waals surface area (Å²) in [5.41, 5.74) is 2.97. The lowest BCUT2D eigenvalue weighted by Gasteiger charge is -2.44. The van der Waals surface area contributed by atoms with Gasteiger partial charge in [-0.05, 0) is 93.5 Å². The van der Waals surface area contributed by atoms with E-state index < -0.39 is 11.7 Å². The molecule has 0 saturated heterocycles. The minimum Gasteiger partial charge on any atom is -0.393 e. The molecule has 3 aliphatic rings. The second kappa shape index (κ2) is 9.91. The van der Waals surface area contributed by atoms with Crippen LogP contribution in [0.15, 0.2) is 35.5 Å². The Labute approximate surface area is 188 Å². The first-order chi connectivity index (χ1) is 14.6. The fourth-order valence-corrected chi connectivity index (χ4v) is 6.86. The lowest BCUT2D eigenvalue weighted by atomic mass is 9.60. The molecule has 4 heteroatoms. The van der Waals surface area contributed by atoms with Crippen LogP contribution in [0.2, 0.25) is 0 Å². The van der Waals surface area contributed by atoms with Gasteiger partial charge in [0.05, 0.1) is 24.4 Å². The fourth-order valence-electron chi connectivity index (χ4n) is 6.86. The monoisotopic (exact) mass is 432 g/mol. The molecule has 31 heavy (non-hydrogen) atoms. The highest BCUT2D eigenvalue weighted by atomic mass is 16.3. The van der Waals surface area contributed by atoms with Crippen molar-refractivity contribution in [3.8, 4) is 0 Å². The third kappa shape index (κ3) is 5.71. The van der Waals surface area contributed by atoms with Crippen molar-refractivity contribution in [3.63, 3.8) is 0 Å². The number of hydrogen-bond donors (Lipinski definition) is 4. The van der Waals surface area contributed by atoms with Crippen molar-refractivity contribution in [1.29, 1.82) is 0 Å². The molecule has 0 aromatic carbocycles. The molecular formula is C27H44O4. The van der Waals surface area contributed by atoms with Crippen molar-refractivity contribution in [2.75, 3.05) is 6.61 Å². The number of allylic oxidation sites excluding steroid dienone is 4. The van der Waals surface area contributed by atoms with Crippen molar-refractivity contribution in [1.82, 2.24) is 0 Å². The zero-order valence-electron chi connectivity index (χ0n) is 19.8. The van der Waals surface area contributed by atoms with Crippen molar-refractivity contribution < 1.29 is 20.4 Å². The minimum absolute atomic E-state index is 0.217. The van der Waals surface area contributed by atoms with Crippen LogP contribution in [0.4, 0.5) is 0 Å². The van der Waals surface area contributed by atoms with Crippen LogP contribution in [0.1, 0.15) is 85.0 Å². The lowest BCUT2D eigenvalue weighted by Crippen LogP contribution is -2.38. The Hall–Kier alpha value is -0.940. The van der Waals surface area contributed by atoms with Crippen LogP contribution in [0.3, 0.4) is 0 Å². The van der Waals surface area contributed by atoms with E-state index in [4.69, 9.17) is 0 Å². The zero-order chi connectivity index (χ0) is 22.8. The van der Waals surface area contributed by atoms with E-state index in [1.54, 1.807) is 12.5 Å². The lowest BCUT2D eigenvalue weighted by molar-refractivity contribution is -0.0439. The van der Waals surface area contributed by atoms with Gasteiger partial charge in [0.15, 0.2) is 0 Å². The first-order valence-corrected chi connectivity index (χ1v) is 12.3. The molecule has 0 aliphatic heterocycles. The van der Waals surface area contributed by atoms with Gasteiger partial charge in [-0.1, -0.05) is 43.7 Å². The maximum Gasteiger partial charge on any atom is 0.0874 e. The van der Waals surface area contributed by atoms with Crippen molar-refractivity contribution in [2.45, 2.75) is 103 Å². The van der Waals surface area contributed by atoms with E-state index in [-0.39, 0.29) is 24.5 Å². The summed E-state index contributed by atoms with van der Waals surface area (Å²) >= 11 is 0. The topological polar surface area (TPSA) is 80.9 Å². The van der Waals surface area contributed by atoms with E-state index in [9.17, 15) is 20.4 Å². The number of hydrogen-bond acceptors (Lipinski definition) is 4. The van der Waals surface area contributed by atoms with Crippen LogP contribution in [-0.4, -0.2) is 44.8 Å². The second-order valence-electron chi connectivity index (χ2n) is 11.3. The number of aliphatic hydroxyl groups excluding tert-OH is 3. The van der Waals surface area contributed by atoms with Gasteiger partial charge < -0.3 is 20.4 Å². The fraction of sp³-hybridized carbons (Fsp3) is 0.778. The molecule has 176 valence electrons. The molecule has 0 spiro atoms. The molecule has 0 amide bonds. The number of fused-ring (bicyclic) bond motifs is 1. The van der Waals surface area contributed by atoms with E-state index in [0.717, 1.165) is 25.7 Å². The largest absolute Gasteiger partial charge is 0.393 e. The quantitative estimate of drug-likeness (QED) is 0.471. The molecular weight excluding hydrogens is 388 g/mol. The molecule has 0 aromatic rings. The summed E-state index contributed by atoms with van der Waals surface area (Å²) in [7, 11) is 0. The summed E-state index contributed by atoms with van der Waals surface area (Å²) in [5.74, 6) is 1.53. The van der Waals surface area contributed by atoms with Crippen LogP contribution in [-0.2, 0) is 0 Å². The van der Waals surface area contributed by atoms with Gasteiger partial charge in [-0.3, -0.25) is 0 Å². The smallest absolute Gasteiger partial charge is 0.0874 e. The molecule has 0 heterocycles.